The Morgan fingerprint density at radius 1 is 1.47 bits per heavy atom. The van der Waals surface area contributed by atoms with Gasteiger partial charge in [-0.1, -0.05) is 23.7 Å². The molecule has 1 aliphatic heterocycles. The van der Waals surface area contributed by atoms with E-state index in [1.165, 1.54) is 0 Å². The summed E-state index contributed by atoms with van der Waals surface area (Å²) in [6.45, 7) is 1.32. The number of hydrogen-bond acceptors (Lipinski definition) is 2. The molecule has 15 heavy (non-hydrogen) atoms. The van der Waals surface area contributed by atoms with E-state index in [-0.39, 0.29) is 10.8 Å². The van der Waals surface area contributed by atoms with Crippen molar-refractivity contribution in [1.29, 1.82) is 0 Å². The number of aliphatic imine (C=N–C) groups is 1. The zero-order chi connectivity index (χ0) is 10.7. The third kappa shape index (κ3) is 2.48. The lowest BCUT2D eigenvalue weighted by Gasteiger charge is -2.07. The lowest BCUT2D eigenvalue weighted by Crippen LogP contribution is -2.21. The predicted octanol–water partition coefficient (Wildman–Crippen LogP) is 2.76. The molecule has 0 fully saturated rings. The molecule has 0 bridgehead atoms. The highest BCUT2D eigenvalue weighted by atomic mass is 35.5. The molecule has 0 amide bonds. The molecule has 0 saturated heterocycles. The minimum atomic E-state index is -0.342. The van der Waals surface area contributed by atoms with Gasteiger partial charge in [-0.3, -0.25) is 4.99 Å². The van der Waals surface area contributed by atoms with Crippen LogP contribution in [0.4, 0.5) is 4.39 Å². The number of halogens is 2. The maximum atomic E-state index is 13.5. The number of nitrogens with one attached hydrogen (secondary N) is 1. The van der Waals surface area contributed by atoms with Crippen LogP contribution < -0.4 is 5.32 Å². The van der Waals surface area contributed by atoms with Crippen LogP contribution in [0.25, 0.3) is 0 Å². The second-order valence-electron chi connectivity index (χ2n) is 3.50. The van der Waals surface area contributed by atoms with E-state index in [2.05, 4.69) is 10.3 Å². The van der Waals surface area contributed by atoms with Crippen LogP contribution in [0.5, 0.6) is 0 Å². The Labute approximate surface area is 93.2 Å². The van der Waals surface area contributed by atoms with Crippen LogP contribution in [-0.2, 0) is 6.54 Å². The quantitative estimate of drug-likeness (QED) is 0.824. The van der Waals surface area contributed by atoms with Crippen LogP contribution in [-0.4, -0.2) is 12.4 Å². The average molecular weight is 227 g/mol. The molecule has 80 valence electrons. The summed E-state index contributed by atoms with van der Waals surface area (Å²) in [5.74, 6) is 0.625. The summed E-state index contributed by atoms with van der Waals surface area (Å²) in [6.07, 6.45) is 2.04. The van der Waals surface area contributed by atoms with Crippen molar-refractivity contribution in [2.24, 2.45) is 4.99 Å². The molecular weight excluding hydrogens is 215 g/mol. The first-order valence-corrected chi connectivity index (χ1v) is 5.35. The van der Waals surface area contributed by atoms with E-state index in [0.29, 0.717) is 12.1 Å². The van der Waals surface area contributed by atoms with Gasteiger partial charge in [0.05, 0.1) is 10.9 Å². The maximum Gasteiger partial charge on any atom is 0.146 e. The van der Waals surface area contributed by atoms with E-state index < -0.39 is 0 Å². The highest BCUT2D eigenvalue weighted by Crippen LogP contribution is 2.17. The average Bonchev–Trinajstić information content (AvgIpc) is 2.73. The van der Waals surface area contributed by atoms with Gasteiger partial charge in [0.2, 0.25) is 0 Å². The second-order valence-corrected chi connectivity index (χ2v) is 3.91. The van der Waals surface area contributed by atoms with Gasteiger partial charge in [-0.25, -0.2) is 4.39 Å². The van der Waals surface area contributed by atoms with Gasteiger partial charge in [-0.15, -0.1) is 0 Å². The van der Waals surface area contributed by atoms with Crippen molar-refractivity contribution >= 4 is 17.4 Å². The molecular formula is C11H12ClFN2. The van der Waals surface area contributed by atoms with Crippen LogP contribution in [0.15, 0.2) is 23.2 Å². The lowest BCUT2D eigenvalue weighted by molar-refractivity contribution is 0.606. The zero-order valence-corrected chi connectivity index (χ0v) is 9.02. The Bertz CT molecular complexity index is 390. The Hall–Kier alpha value is -1.09. The molecule has 0 aromatic heterocycles. The first-order valence-electron chi connectivity index (χ1n) is 4.97. The van der Waals surface area contributed by atoms with Gasteiger partial charge in [0, 0.05) is 25.1 Å². The molecule has 1 N–H and O–H groups in total. The molecule has 1 aromatic rings. The predicted molar refractivity (Wildman–Crippen MR) is 59.8 cm³/mol. The first-order chi connectivity index (χ1) is 7.27. The second kappa shape index (κ2) is 4.62. The third-order valence-corrected chi connectivity index (χ3v) is 2.68. The van der Waals surface area contributed by atoms with Gasteiger partial charge >= 0.3 is 0 Å². The summed E-state index contributed by atoms with van der Waals surface area (Å²) >= 11 is 5.68. The fourth-order valence-corrected chi connectivity index (χ4v) is 1.76. The van der Waals surface area contributed by atoms with Gasteiger partial charge in [0.25, 0.3) is 0 Å². The molecule has 0 unspecified atom stereocenters. The summed E-state index contributed by atoms with van der Waals surface area (Å²) in [5.41, 5.74) is 0.581. The van der Waals surface area contributed by atoms with Crippen molar-refractivity contribution in [3.05, 3.63) is 34.6 Å². The molecule has 0 radical (unpaired) electrons. The van der Waals surface area contributed by atoms with E-state index in [1.807, 2.05) is 0 Å². The molecule has 0 atom stereocenters. The summed E-state index contributed by atoms with van der Waals surface area (Å²) in [7, 11) is 0. The normalized spacial score (nSPS) is 15.2. The molecule has 1 aromatic carbocycles. The molecule has 2 rings (SSSR count). The number of rotatable bonds is 2. The smallest absolute Gasteiger partial charge is 0.146 e. The Morgan fingerprint density at radius 3 is 3.07 bits per heavy atom. The highest BCUT2D eigenvalue weighted by molar-refractivity contribution is 6.30. The standard InChI is InChI=1S/C11H12ClFN2/c12-9-4-1-3-8(11(9)13)7-15-10-5-2-6-14-10/h1,3-4H,2,5-7H2,(H,14,15). The molecule has 1 aliphatic rings. The fourth-order valence-electron chi connectivity index (χ4n) is 1.57. The topological polar surface area (TPSA) is 24.4 Å². The number of hydrogen-bond donors (Lipinski definition) is 1. The van der Waals surface area contributed by atoms with Crippen LogP contribution in [0.1, 0.15) is 18.4 Å². The summed E-state index contributed by atoms with van der Waals surface area (Å²) in [6, 6.07) is 5.02. The van der Waals surface area contributed by atoms with Crippen molar-refractivity contribution in [3.8, 4) is 0 Å². The van der Waals surface area contributed by atoms with Crippen LogP contribution in [0.3, 0.4) is 0 Å². The minimum Gasteiger partial charge on any atom is -0.370 e. The van der Waals surface area contributed by atoms with Gasteiger partial charge in [0.1, 0.15) is 5.82 Å². The van der Waals surface area contributed by atoms with Gasteiger partial charge in [-0.05, 0) is 12.5 Å². The van der Waals surface area contributed by atoms with Crippen LogP contribution in [0, 0.1) is 5.82 Å². The maximum absolute atomic E-state index is 13.5. The van der Waals surface area contributed by atoms with Gasteiger partial charge in [-0.2, -0.15) is 0 Å². The Morgan fingerprint density at radius 2 is 2.33 bits per heavy atom. The fraction of sp³-hybridized carbons (Fsp3) is 0.364. The zero-order valence-electron chi connectivity index (χ0n) is 8.26. The van der Waals surface area contributed by atoms with Gasteiger partial charge < -0.3 is 5.32 Å². The molecule has 0 saturated carbocycles. The summed E-state index contributed by atoms with van der Waals surface area (Å²) in [5, 5.41) is 3.29. The minimum absolute atomic E-state index is 0.169. The van der Waals surface area contributed by atoms with E-state index in [0.717, 1.165) is 25.2 Å². The van der Waals surface area contributed by atoms with Crippen molar-refractivity contribution < 1.29 is 4.39 Å². The Kier molecular flexibility index (Phi) is 3.21. The number of nitrogens with zero attached hydrogens (tertiary/aromatic N) is 1. The summed E-state index contributed by atoms with van der Waals surface area (Å²) in [4.78, 5) is 4.25. The largest absolute Gasteiger partial charge is 0.370 e. The molecule has 0 aliphatic carbocycles. The van der Waals surface area contributed by atoms with Crippen molar-refractivity contribution in [2.45, 2.75) is 19.4 Å². The molecule has 4 heteroatoms. The lowest BCUT2D eigenvalue weighted by atomic mass is 10.2. The summed E-state index contributed by atoms with van der Waals surface area (Å²) < 4.78 is 13.5. The number of amidine groups is 1. The molecule has 2 nitrogen and oxygen atoms in total. The molecule has 0 spiro atoms. The third-order valence-electron chi connectivity index (χ3n) is 2.39. The van der Waals surface area contributed by atoms with E-state index in [9.17, 15) is 4.39 Å². The highest BCUT2D eigenvalue weighted by Gasteiger charge is 2.08. The van der Waals surface area contributed by atoms with E-state index >= 15 is 0 Å². The molecule has 1 heterocycles. The van der Waals surface area contributed by atoms with Crippen molar-refractivity contribution in [3.63, 3.8) is 0 Å². The van der Waals surface area contributed by atoms with Crippen molar-refractivity contribution in [2.75, 3.05) is 6.54 Å². The first kappa shape index (κ1) is 10.4. The van der Waals surface area contributed by atoms with Crippen molar-refractivity contribution in [1.82, 2.24) is 5.32 Å². The monoisotopic (exact) mass is 226 g/mol. The van der Waals surface area contributed by atoms with Gasteiger partial charge in [0.15, 0.2) is 0 Å². The SMILES string of the molecule is Fc1c(Cl)cccc1CNC1=NCCC1. The Balaban J connectivity index is 2.01. The number of benzene rings is 1. The van der Waals surface area contributed by atoms with E-state index in [4.69, 9.17) is 11.6 Å². The van der Waals surface area contributed by atoms with E-state index in [1.54, 1.807) is 18.2 Å². The van der Waals surface area contributed by atoms with Crippen LogP contribution >= 0.6 is 11.6 Å². The van der Waals surface area contributed by atoms with Crippen LogP contribution in [0.2, 0.25) is 5.02 Å².